The Bertz CT molecular complexity index is 761. The second kappa shape index (κ2) is 5.79. The van der Waals surface area contributed by atoms with Gasteiger partial charge in [-0.1, -0.05) is 6.07 Å². The van der Waals surface area contributed by atoms with Crippen LogP contribution in [-0.4, -0.2) is 4.98 Å². The van der Waals surface area contributed by atoms with E-state index in [0.29, 0.717) is 18.3 Å². The van der Waals surface area contributed by atoms with Gasteiger partial charge in [-0.25, -0.2) is 4.98 Å². The zero-order valence-corrected chi connectivity index (χ0v) is 11.0. The molecule has 120 valence electrons. The van der Waals surface area contributed by atoms with Gasteiger partial charge < -0.3 is 4.74 Å². The molecular weight excluding hydrogens is 326 g/mol. The van der Waals surface area contributed by atoms with Crippen molar-refractivity contribution in [2.24, 2.45) is 0 Å². The first-order valence-electron chi connectivity index (χ1n) is 5.93. The summed E-state index contributed by atoms with van der Waals surface area (Å²) in [7, 11) is 0. The predicted octanol–water partition coefficient (Wildman–Crippen LogP) is 4.78. The Morgan fingerprint density at radius 1 is 0.957 bits per heavy atom. The molecule has 9 heteroatoms. The molecule has 2 rings (SSSR count). The van der Waals surface area contributed by atoms with Crippen LogP contribution in [0, 0.1) is 11.3 Å². The third-order valence-corrected chi connectivity index (χ3v) is 2.68. The Labute approximate surface area is 125 Å². The average Bonchev–Trinajstić information content (AvgIpc) is 2.45. The molecule has 0 atom stereocenters. The highest BCUT2D eigenvalue weighted by molar-refractivity contribution is 5.43. The highest BCUT2D eigenvalue weighted by Gasteiger charge is 2.33. The summed E-state index contributed by atoms with van der Waals surface area (Å²) in [5.74, 6) is -0.945. The molecule has 0 fully saturated rings. The molecule has 3 nitrogen and oxygen atoms in total. The molecule has 0 spiro atoms. The summed E-state index contributed by atoms with van der Waals surface area (Å²) in [6, 6.07) is 5.57. The Morgan fingerprint density at radius 2 is 1.61 bits per heavy atom. The molecular formula is C14H6F6N2O. The van der Waals surface area contributed by atoms with Crippen LogP contribution in [0.5, 0.6) is 11.5 Å². The number of nitriles is 1. The molecule has 1 aromatic carbocycles. The first kappa shape index (κ1) is 16.6. The van der Waals surface area contributed by atoms with Crippen molar-refractivity contribution >= 4 is 0 Å². The number of halogens is 6. The summed E-state index contributed by atoms with van der Waals surface area (Å²) in [6.45, 7) is 0. The summed E-state index contributed by atoms with van der Waals surface area (Å²) < 4.78 is 80.7. The molecule has 2 aromatic rings. The number of benzene rings is 1. The van der Waals surface area contributed by atoms with Gasteiger partial charge in [-0.15, -0.1) is 0 Å². The van der Waals surface area contributed by atoms with Crippen LogP contribution in [0.2, 0.25) is 0 Å². The molecule has 0 amide bonds. The second-order valence-electron chi connectivity index (χ2n) is 4.31. The van der Waals surface area contributed by atoms with E-state index >= 15 is 0 Å². The van der Waals surface area contributed by atoms with Crippen LogP contribution >= 0.6 is 0 Å². The van der Waals surface area contributed by atoms with Crippen molar-refractivity contribution in [2.75, 3.05) is 0 Å². The van der Waals surface area contributed by atoms with Crippen LogP contribution < -0.4 is 4.74 Å². The van der Waals surface area contributed by atoms with Crippen LogP contribution in [0.1, 0.15) is 16.8 Å². The van der Waals surface area contributed by atoms with E-state index < -0.39 is 34.9 Å². The molecule has 0 radical (unpaired) electrons. The van der Waals surface area contributed by atoms with Crippen LogP contribution in [0.15, 0.2) is 36.5 Å². The van der Waals surface area contributed by atoms with E-state index in [9.17, 15) is 26.3 Å². The maximum absolute atomic E-state index is 12.6. The van der Waals surface area contributed by atoms with Gasteiger partial charge in [-0.05, 0) is 24.3 Å². The van der Waals surface area contributed by atoms with E-state index in [1.165, 1.54) is 6.07 Å². The SMILES string of the molecule is N#Cc1ncc(C(F)(F)F)cc1Oc1cccc(C(F)(F)F)c1. The number of pyridine rings is 1. The number of aromatic nitrogens is 1. The fourth-order valence-corrected chi connectivity index (χ4v) is 1.62. The van der Waals surface area contributed by atoms with Crippen LogP contribution in [-0.2, 0) is 12.4 Å². The normalized spacial score (nSPS) is 11.9. The van der Waals surface area contributed by atoms with Gasteiger partial charge in [0, 0.05) is 6.20 Å². The lowest BCUT2D eigenvalue weighted by molar-refractivity contribution is -0.138. The van der Waals surface area contributed by atoms with E-state index in [1.54, 1.807) is 0 Å². The second-order valence-corrected chi connectivity index (χ2v) is 4.31. The van der Waals surface area contributed by atoms with Crippen LogP contribution in [0.25, 0.3) is 0 Å². The van der Waals surface area contributed by atoms with Gasteiger partial charge in [0.05, 0.1) is 11.1 Å². The fraction of sp³-hybridized carbons (Fsp3) is 0.143. The van der Waals surface area contributed by atoms with Gasteiger partial charge in [0.1, 0.15) is 11.8 Å². The molecule has 0 aliphatic heterocycles. The molecule has 0 bridgehead atoms. The number of ether oxygens (including phenoxy) is 1. The zero-order chi connectivity index (χ0) is 17.3. The zero-order valence-electron chi connectivity index (χ0n) is 11.0. The Kier molecular flexibility index (Phi) is 4.18. The van der Waals surface area contributed by atoms with Gasteiger partial charge in [0.2, 0.25) is 0 Å². The lowest BCUT2D eigenvalue weighted by Crippen LogP contribution is -2.07. The van der Waals surface area contributed by atoms with E-state index in [0.717, 1.165) is 18.2 Å². The molecule has 0 aliphatic rings. The summed E-state index contributed by atoms with van der Waals surface area (Å²) in [5, 5.41) is 8.82. The number of hydrogen-bond donors (Lipinski definition) is 0. The largest absolute Gasteiger partial charge is 0.454 e. The van der Waals surface area contributed by atoms with E-state index in [4.69, 9.17) is 10.00 Å². The molecule has 23 heavy (non-hydrogen) atoms. The Hall–Kier alpha value is -2.76. The van der Waals surface area contributed by atoms with Crippen molar-refractivity contribution in [3.05, 3.63) is 53.3 Å². The van der Waals surface area contributed by atoms with Crippen LogP contribution in [0.3, 0.4) is 0 Å². The standard InChI is InChI=1S/C14H6F6N2O/c15-13(16,17)8-2-1-3-10(4-8)23-12-5-9(14(18,19)20)7-22-11(12)6-21/h1-5,7H. The van der Waals surface area contributed by atoms with Crippen molar-refractivity contribution in [3.8, 4) is 17.6 Å². The minimum atomic E-state index is -4.73. The average molecular weight is 332 g/mol. The first-order chi connectivity index (χ1) is 10.6. The van der Waals surface area contributed by atoms with E-state index in [-0.39, 0.29) is 5.75 Å². The Balaban J connectivity index is 2.42. The van der Waals surface area contributed by atoms with Crippen molar-refractivity contribution in [1.82, 2.24) is 4.98 Å². The van der Waals surface area contributed by atoms with Gasteiger partial charge >= 0.3 is 12.4 Å². The van der Waals surface area contributed by atoms with Crippen molar-refractivity contribution in [3.63, 3.8) is 0 Å². The highest BCUT2D eigenvalue weighted by Crippen LogP contribution is 2.35. The molecule has 0 N–H and O–H groups in total. The molecule has 0 aliphatic carbocycles. The maximum Gasteiger partial charge on any atom is 0.418 e. The molecule has 0 saturated carbocycles. The van der Waals surface area contributed by atoms with Gasteiger partial charge in [0.25, 0.3) is 0 Å². The monoisotopic (exact) mass is 332 g/mol. The van der Waals surface area contributed by atoms with Crippen molar-refractivity contribution < 1.29 is 31.1 Å². The first-order valence-corrected chi connectivity index (χ1v) is 5.93. The lowest BCUT2D eigenvalue weighted by Gasteiger charge is -2.12. The molecule has 0 saturated heterocycles. The predicted molar refractivity (Wildman–Crippen MR) is 65.5 cm³/mol. The van der Waals surface area contributed by atoms with E-state index in [1.807, 2.05) is 0 Å². The minimum Gasteiger partial charge on any atom is -0.454 e. The maximum atomic E-state index is 12.6. The number of alkyl halides is 6. The fourth-order valence-electron chi connectivity index (χ4n) is 1.62. The van der Waals surface area contributed by atoms with Crippen molar-refractivity contribution in [1.29, 1.82) is 5.26 Å². The third kappa shape index (κ3) is 3.91. The quantitative estimate of drug-likeness (QED) is 0.743. The highest BCUT2D eigenvalue weighted by atomic mass is 19.4. The van der Waals surface area contributed by atoms with Crippen molar-refractivity contribution in [2.45, 2.75) is 12.4 Å². The molecule has 1 aromatic heterocycles. The smallest absolute Gasteiger partial charge is 0.418 e. The summed E-state index contributed by atoms with van der Waals surface area (Å²) in [6.07, 6.45) is -8.92. The van der Waals surface area contributed by atoms with E-state index in [2.05, 4.69) is 4.98 Å². The molecule has 1 heterocycles. The topological polar surface area (TPSA) is 45.9 Å². The summed E-state index contributed by atoms with van der Waals surface area (Å²) >= 11 is 0. The number of nitrogens with zero attached hydrogens (tertiary/aromatic N) is 2. The van der Waals surface area contributed by atoms with Gasteiger partial charge in [-0.2, -0.15) is 31.6 Å². The third-order valence-electron chi connectivity index (χ3n) is 2.68. The lowest BCUT2D eigenvalue weighted by atomic mass is 10.2. The number of hydrogen-bond acceptors (Lipinski definition) is 3. The minimum absolute atomic E-state index is 0.363. The molecule has 0 unspecified atom stereocenters. The summed E-state index contributed by atoms with van der Waals surface area (Å²) in [5.41, 5.74) is -2.69. The van der Waals surface area contributed by atoms with Gasteiger partial charge in [0.15, 0.2) is 11.4 Å². The Morgan fingerprint density at radius 3 is 2.17 bits per heavy atom. The van der Waals surface area contributed by atoms with Crippen LogP contribution in [0.4, 0.5) is 26.3 Å². The van der Waals surface area contributed by atoms with Gasteiger partial charge in [-0.3, -0.25) is 0 Å². The summed E-state index contributed by atoms with van der Waals surface area (Å²) in [4.78, 5) is 3.30. The number of rotatable bonds is 2.